The molecule has 0 saturated heterocycles. The van der Waals surface area contributed by atoms with E-state index in [1.165, 1.54) is 0 Å². The van der Waals surface area contributed by atoms with Crippen LogP contribution in [0.15, 0.2) is 48.7 Å². The van der Waals surface area contributed by atoms with Gasteiger partial charge in [0.1, 0.15) is 5.69 Å². The molecule has 1 heterocycles. The van der Waals surface area contributed by atoms with Gasteiger partial charge in [-0.3, -0.25) is 9.78 Å². The molecule has 2 aromatic rings. The van der Waals surface area contributed by atoms with Crippen molar-refractivity contribution in [2.45, 2.75) is 6.04 Å². The van der Waals surface area contributed by atoms with Gasteiger partial charge in [-0.05, 0) is 17.7 Å². The molecule has 20 heavy (non-hydrogen) atoms. The number of anilines is 1. The molecule has 0 spiro atoms. The van der Waals surface area contributed by atoms with E-state index in [0.29, 0.717) is 12.2 Å². The standard InChI is InChI=1S/C15H18N4O/c1-17-15(20)14-9-12(7-8-18-14)19-10-13(16)11-5-3-2-4-6-11/h2-9,13H,10,16H2,1H3,(H,17,20)(H,18,19). The summed E-state index contributed by atoms with van der Waals surface area (Å²) in [6.45, 7) is 0.585. The third-order valence-electron chi connectivity index (χ3n) is 2.97. The molecule has 1 atom stereocenters. The molecule has 5 nitrogen and oxygen atoms in total. The number of carbonyl (C=O) groups is 1. The van der Waals surface area contributed by atoms with Crippen LogP contribution in [0.5, 0.6) is 0 Å². The number of carbonyl (C=O) groups excluding carboxylic acids is 1. The second kappa shape index (κ2) is 6.68. The lowest BCUT2D eigenvalue weighted by molar-refractivity contribution is 0.0958. The first-order chi connectivity index (χ1) is 9.70. The molecule has 104 valence electrons. The van der Waals surface area contributed by atoms with Crippen LogP contribution in [0.4, 0.5) is 5.69 Å². The smallest absolute Gasteiger partial charge is 0.269 e. The van der Waals surface area contributed by atoms with Gasteiger partial charge in [0.15, 0.2) is 0 Å². The second-order valence-corrected chi connectivity index (χ2v) is 4.41. The second-order valence-electron chi connectivity index (χ2n) is 4.41. The van der Waals surface area contributed by atoms with E-state index >= 15 is 0 Å². The molecule has 0 saturated carbocycles. The van der Waals surface area contributed by atoms with Crippen LogP contribution in [0.25, 0.3) is 0 Å². The third-order valence-corrected chi connectivity index (χ3v) is 2.97. The monoisotopic (exact) mass is 270 g/mol. The molecule has 0 aliphatic heterocycles. The van der Waals surface area contributed by atoms with Crippen LogP contribution >= 0.6 is 0 Å². The number of benzene rings is 1. The van der Waals surface area contributed by atoms with E-state index in [1.54, 1.807) is 19.3 Å². The maximum atomic E-state index is 11.5. The summed E-state index contributed by atoms with van der Waals surface area (Å²) in [6, 6.07) is 13.3. The predicted molar refractivity (Wildman–Crippen MR) is 79.5 cm³/mol. The van der Waals surface area contributed by atoms with Crippen molar-refractivity contribution < 1.29 is 4.79 Å². The highest BCUT2D eigenvalue weighted by Gasteiger charge is 2.07. The molecule has 0 bridgehead atoms. The van der Waals surface area contributed by atoms with E-state index in [-0.39, 0.29) is 11.9 Å². The van der Waals surface area contributed by atoms with Crippen LogP contribution in [0.2, 0.25) is 0 Å². The van der Waals surface area contributed by atoms with Gasteiger partial charge in [0, 0.05) is 31.5 Å². The molecule has 2 rings (SSSR count). The third kappa shape index (κ3) is 3.55. The Morgan fingerprint density at radius 1 is 1.30 bits per heavy atom. The Balaban J connectivity index is 1.99. The Kier molecular flexibility index (Phi) is 4.68. The van der Waals surface area contributed by atoms with Crippen molar-refractivity contribution in [2.75, 3.05) is 18.9 Å². The van der Waals surface area contributed by atoms with Gasteiger partial charge in [0.25, 0.3) is 5.91 Å². The first kappa shape index (κ1) is 14.0. The lowest BCUT2D eigenvalue weighted by atomic mass is 10.1. The predicted octanol–water partition coefficient (Wildman–Crippen LogP) is 1.55. The Morgan fingerprint density at radius 2 is 2.05 bits per heavy atom. The Hall–Kier alpha value is -2.40. The summed E-state index contributed by atoms with van der Waals surface area (Å²) in [7, 11) is 1.58. The number of hydrogen-bond donors (Lipinski definition) is 3. The van der Waals surface area contributed by atoms with Gasteiger partial charge in [-0.15, -0.1) is 0 Å². The maximum Gasteiger partial charge on any atom is 0.269 e. The van der Waals surface area contributed by atoms with Crippen LogP contribution in [0.3, 0.4) is 0 Å². The van der Waals surface area contributed by atoms with Crippen molar-refractivity contribution in [3.63, 3.8) is 0 Å². The first-order valence-corrected chi connectivity index (χ1v) is 6.43. The average Bonchev–Trinajstić information content (AvgIpc) is 2.53. The highest BCUT2D eigenvalue weighted by Crippen LogP contribution is 2.12. The molecule has 1 aromatic carbocycles. The summed E-state index contributed by atoms with van der Waals surface area (Å²) in [5, 5.41) is 5.76. The maximum absolute atomic E-state index is 11.5. The molecule has 1 aromatic heterocycles. The van der Waals surface area contributed by atoms with Gasteiger partial charge in [0.05, 0.1) is 0 Å². The zero-order valence-corrected chi connectivity index (χ0v) is 11.3. The van der Waals surface area contributed by atoms with Crippen molar-refractivity contribution in [3.05, 3.63) is 59.9 Å². The summed E-state index contributed by atoms with van der Waals surface area (Å²) >= 11 is 0. The lowest BCUT2D eigenvalue weighted by Crippen LogP contribution is -2.22. The number of hydrogen-bond acceptors (Lipinski definition) is 4. The lowest BCUT2D eigenvalue weighted by Gasteiger charge is -2.14. The number of amides is 1. The Morgan fingerprint density at radius 3 is 2.75 bits per heavy atom. The molecule has 0 aliphatic rings. The van der Waals surface area contributed by atoms with Crippen LogP contribution < -0.4 is 16.4 Å². The molecular weight excluding hydrogens is 252 g/mol. The minimum absolute atomic E-state index is 0.104. The number of pyridine rings is 1. The van der Waals surface area contributed by atoms with E-state index in [4.69, 9.17) is 5.73 Å². The summed E-state index contributed by atoms with van der Waals surface area (Å²) in [5.74, 6) is -0.207. The van der Waals surface area contributed by atoms with E-state index < -0.39 is 0 Å². The summed E-state index contributed by atoms with van der Waals surface area (Å²) in [5.41, 5.74) is 8.38. The number of rotatable bonds is 5. The topological polar surface area (TPSA) is 80.0 Å². The van der Waals surface area contributed by atoms with Gasteiger partial charge in [-0.2, -0.15) is 0 Å². The van der Waals surface area contributed by atoms with E-state index in [0.717, 1.165) is 11.3 Å². The molecular formula is C15H18N4O. The molecule has 5 heteroatoms. The highest BCUT2D eigenvalue weighted by molar-refractivity contribution is 5.92. The van der Waals surface area contributed by atoms with E-state index in [2.05, 4.69) is 15.6 Å². The highest BCUT2D eigenvalue weighted by atomic mass is 16.1. The fraction of sp³-hybridized carbons (Fsp3) is 0.200. The van der Waals surface area contributed by atoms with E-state index in [1.807, 2.05) is 36.4 Å². The van der Waals surface area contributed by atoms with Gasteiger partial charge >= 0.3 is 0 Å². The van der Waals surface area contributed by atoms with Crippen LogP contribution in [-0.4, -0.2) is 24.5 Å². The fourth-order valence-electron chi connectivity index (χ4n) is 1.84. The zero-order valence-electron chi connectivity index (χ0n) is 11.3. The number of aromatic nitrogens is 1. The minimum atomic E-state index is -0.207. The molecule has 1 unspecified atom stereocenters. The van der Waals surface area contributed by atoms with Gasteiger partial charge in [-0.25, -0.2) is 0 Å². The van der Waals surface area contributed by atoms with Crippen LogP contribution in [-0.2, 0) is 0 Å². The summed E-state index contributed by atoms with van der Waals surface area (Å²) in [4.78, 5) is 15.5. The largest absolute Gasteiger partial charge is 0.383 e. The molecule has 0 radical (unpaired) electrons. The number of nitrogens with two attached hydrogens (primary N) is 1. The number of nitrogens with one attached hydrogen (secondary N) is 2. The molecule has 4 N–H and O–H groups in total. The quantitative estimate of drug-likeness (QED) is 0.770. The van der Waals surface area contributed by atoms with Crippen molar-refractivity contribution in [1.29, 1.82) is 0 Å². The average molecular weight is 270 g/mol. The molecule has 0 aliphatic carbocycles. The van der Waals surface area contributed by atoms with Gasteiger partial charge in [0.2, 0.25) is 0 Å². The van der Waals surface area contributed by atoms with Crippen molar-refractivity contribution in [1.82, 2.24) is 10.3 Å². The SMILES string of the molecule is CNC(=O)c1cc(NCC(N)c2ccccc2)ccn1. The van der Waals surface area contributed by atoms with E-state index in [9.17, 15) is 4.79 Å². The summed E-state index contributed by atoms with van der Waals surface area (Å²) < 4.78 is 0. The van der Waals surface area contributed by atoms with Gasteiger partial charge in [-0.1, -0.05) is 30.3 Å². The Bertz CT molecular complexity index is 571. The normalized spacial score (nSPS) is 11.7. The Labute approximate surface area is 118 Å². The fourth-order valence-corrected chi connectivity index (χ4v) is 1.84. The van der Waals surface area contributed by atoms with Crippen LogP contribution in [0.1, 0.15) is 22.1 Å². The van der Waals surface area contributed by atoms with Crippen molar-refractivity contribution in [3.8, 4) is 0 Å². The molecule has 1 amide bonds. The van der Waals surface area contributed by atoms with Gasteiger partial charge < -0.3 is 16.4 Å². The van der Waals surface area contributed by atoms with Crippen molar-refractivity contribution >= 4 is 11.6 Å². The zero-order chi connectivity index (χ0) is 14.4. The minimum Gasteiger partial charge on any atom is -0.383 e. The first-order valence-electron chi connectivity index (χ1n) is 6.43. The molecule has 0 fully saturated rings. The van der Waals surface area contributed by atoms with Crippen molar-refractivity contribution in [2.24, 2.45) is 5.73 Å². The summed E-state index contributed by atoms with van der Waals surface area (Å²) in [6.07, 6.45) is 1.60. The van der Waals surface area contributed by atoms with Crippen LogP contribution in [0, 0.1) is 0 Å². The number of nitrogens with zero attached hydrogens (tertiary/aromatic N) is 1.